The van der Waals surface area contributed by atoms with Crippen molar-refractivity contribution in [2.45, 2.75) is 116 Å². The van der Waals surface area contributed by atoms with Crippen molar-refractivity contribution in [2.75, 3.05) is 40.3 Å². The van der Waals surface area contributed by atoms with Gasteiger partial charge in [0, 0.05) is 67.1 Å². The van der Waals surface area contributed by atoms with Crippen molar-refractivity contribution < 1.29 is 47.6 Å². The second-order valence-electron chi connectivity index (χ2n) is 19.7. The first-order valence-electron chi connectivity index (χ1n) is 22.4. The first kappa shape index (κ1) is 45.1. The van der Waals surface area contributed by atoms with E-state index in [1.54, 1.807) is 17.9 Å². The molecule has 5 fully saturated rings. The number of ether oxygens (including phenoxy) is 6. The molecule has 3 saturated carbocycles. The van der Waals surface area contributed by atoms with Crippen LogP contribution in [-0.4, -0.2) is 102 Å². The van der Waals surface area contributed by atoms with Gasteiger partial charge < -0.3 is 38.2 Å². The molecule has 9 rings (SSSR count). The molecule has 14 heteroatoms. The molecular weight excluding hydrogens is 817 g/mol. The molecule has 64 heavy (non-hydrogen) atoms. The van der Waals surface area contributed by atoms with E-state index in [9.17, 15) is 25.1 Å². The number of allylic oxidation sites excluding steroid dienone is 4. The van der Waals surface area contributed by atoms with Crippen LogP contribution in [0.15, 0.2) is 46.6 Å². The molecule has 5 aliphatic heterocycles. The topological polar surface area (TPSA) is 178 Å². The maximum Gasteiger partial charge on any atom is 0.333 e. The third kappa shape index (κ3) is 7.01. The zero-order chi connectivity index (χ0) is 46.3. The van der Waals surface area contributed by atoms with Gasteiger partial charge >= 0.3 is 11.9 Å². The van der Waals surface area contributed by atoms with E-state index < -0.39 is 64.4 Å². The second-order valence-corrected chi connectivity index (χ2v) is 19.7. The molecule has 7 unspecified atom stereocenters. The fourth-order valence-electron chi connectivity index (χ4n) is 11.2. The van der Waals surface area contributed by atoms with Gasteiger partial charge in [-0.3, -0.25) is 19.8 Å². The van der Waals surface area contributed by atoms with E-state index >= 15 is 4.79 Å². The van der Waals surface area contributed by atoms with Gasteiger partial charge in [0.1, 0.15) is 40.8 Å². The van der Waals surface area contributed by atoms with Crippen molar-refractivity contribution in [3.8, 4) is 23.3 Å². The number of hydrogen-bond donors (Lipinski definition) is 1. The van der Waals surface area contributed by atoms with Crippen LogP contribution in [0.5, 0.6) is 17.2 Å². The molecular formula is C50H60N4O10. The van der Waals surface area contributed by atoms with Crippen molar-refractivity contribution in [1.82, 2.24) is 9.80 Å². The molecule has 4 bridgehead atoms. The Morgan fingerprint density at radius 2 is 1.70 bits per heavy atom. The summed E-state index contributed by atoms with van der Waals surface area (Å²) in [5.74, 6) is -4.75. The number of nitriles is 1. The number of piperazine rings is 1. The molecule has 0 radical (unpaired) electrons. The lowest BCUT2D eigenvalue weighted by Gasteiger charge is -2.62. The molecule has 1 amide bonds. The molecule has 0 aromatic heterocycles. The van der Waals surface area contributed by atoms with Gasteiger partial charge in [0.15, 0.2) is 22.7 Å². The number of ketones is 1. The van der Waals surface area contributed by atoms with Gasteiger partial charge in [0.25, 0.3) is 0 Å². The van der Waals surface area contributed by atoms with Crippen LogP contribution in [0.2, 0.25) is 0 Å². The second kappa shape index (κ2) is 16.2. The zero-order valence-electron chi connectivity index (χ0n) is 38.7. The molecule has 7 atom stereocenters. The Kier molecular flexibility index (Phi) is 11.4. The van der Waals surface area contributed by atoms with E-state index in [0.29, 0.717) is 67.9 Å². The number of carbonyl (C=O) groups excluding carboxylic acids is 4. The Bertz CT molecular complexity index is 2440. The fraction of sp³-hybridized carbons (Fsp3) is 0.560. The van der Waals surface area contributed by atoms with Crippen LogP contribution in [0, 0.1) is 40.4 Å². The number of nitrogens with one attached hydrogen (secondary N) is 1. The Labute approximate surface area is 375 Å². The SMILES string of the molecule is COC(=O)C(C)=CCC12OC(C)(C)C3CC(C1=O)C1C4=C(OC(=N)C1C#N)c1c(OC(=O)CC(=O)N5CCN(C)CC5)c5c(c(CC=C(C)C)c1OC432)OC(C)(CCC=C(C)C)C=C5. The number of rotatable bonds is 11. The number of benzene rings is 1. The highest BCUT2D eigenvalue weighted by Crippen LogP contribution is 2.74. The highest BCUT2D eigenvalue weighted by atomic mass is 16.6. The summed E-state index contributed by atoms with van der Waals surface area (Å²) in [5.41, 5.74) is -0.887. The summed E-state index contributed by atoms with van der Waals surface area (Å²) in [4.78, 5) is 59.9. The predicted molar refractivity (Wildman–Crippen MR) is 237 cm³/mol. The minimum atomic E-state index is -1.72. The average molecular weight is 877 g/mol. The Morgan fingerprint density at radius 3 is 2.36 bits per heavy atom. The van der Waals surface area contributed by atoms with Crippen molar-refractivity contribution in [2.24, 2.45) is 23.7 Å². The van der Waals surface area contributed by atoms with Gasteiger partial charge in [0.2, 0.25) is 11.8 Å². The first-order chi connectivity index (χ1) is 30.2. The van der Waals surface area contributed by atoms with Crippen molar-refractivity contribution >= 4 is 41.4 Å². The Balaban J connectivity index is 1.40. The molecule has 1 N–H and O–H groups in total. The third-order valence-corrected chi connectivity index (χ3v) is 14.4. The lowest BCUT2D eigenvalue weighted by Crippen LogP contribution is -2.75. The summed E-state index contributed by atoms with van der Waals surface area (Å²) < 4.78 is 39.9. The lowest BCUT2D eigenvalue weighted by atomic mass is 9.44. The maximum atomic E-state index is 15.4. The summed E-state index contributed by atoms with van der Waals surface area (Å²) in [7, 11) is 3.28. The van der Waals surface area contributed by atoms with Gasteiger partial charge in [-0.05, 0) is 100 Å². The van der Waals surface area contributed by atoms with Crippen molar-refractivity contribution in [3.05, 3.63) is 63.3 Å². The van der Waals surface area contributed by atoms with E-state index in [1.807, 2.05) is 73.7 Å². The lowest BCUT2D eigenvalue weighted by molar-refractivity contribution is -0.183. The molecule has 1 aromatic rings. The standard InChI is InChI=1S/C50H60N4O10/c1-27(2)12-11-17-48(8)18-16-31-40(62-48)30(14-13-28(3)4)42-38(41(31)60-36(56)25-35(55)54-22-20-53(9)21-23-54)43-39-37(33(26-51)45(52)61-43)32-24-34-47(6,7)64-49(44(32)57,50(34,39)63-42)19-15-29(5)46(58)59-10/h12-13,15-16,18,32-34,37,52H,11,14,17,19-25H2,1-10H3. The smallest absolute Gasteiger partial charge is 0.333 e. The van der Waals surface area contributed by atoms with Crippen LogP contribution < -0.4 is 14.2 Å². The van der Waals surface area contributed by atoms with Crippen LogP contribution >= 0.6 is 0 Å². The fourth-order valence-corrected chi connectivity index (χ4v) is 11.2. The summed E-state index contributed by atoms with van der Waals surface area (Å²) in [6.45, 7) is 17.8. The van der Waals surface area contributed by atoms with Gasteiger partial charge in [-0.25, -0.2) is 4.79 Å². The molecule has 1 spiro atoms. The quantitative estimate of drug-likeness (QED) is 0.0789. The van der Waals surface area contributed by atoms with Crippen molar-refractivity contribution in [3.63, 3.8) is 0 Å². The molecule has 8 aliphatic rings. The molecule has 14 nitrogen and oxygen atoms in total. The summed E-state index contributed by atoms with van der Waals surface area (Å²) in [6, 6.07) is 2.27. The normalized spacial score (nSPS) is 30.5. The number of carbonyl (C=O) groups is 4. The molecule has 3 aliphatic carbocycles. The van der Waals surface area contributed by atoms with Gasteiger partial charge in [0.05, 0.1) is 24.3 Å². The number of methoxy groups -OCH3 is 1. The molecule has 1 aromatic carbocycles. The van der Waals surface area contributed by atoms with Crippen molar-refractivity contribution in [1.29, 1.82) is 10.7 Å². The van der Waals surface area contributed by atoms with Crippen LogP contribution in [0.25, 0.3) is 11.8 Å². The van der Waals surface area contributed by atoms with Gasteiger partial charge in [-0.1, -0.05) is 29.4 Å². The van der Waals surface area contributed by atoms with Crippen LogP contribution in [0.3, 0.4) is 0 Å². The summed E-state index contributed by atoms with van der Waals surface area (Å²) in [6.07, 6.45) is 11.0. The minimum Gasteiger partial charge on any atom is -0.482 e. The number of Topliss-reactive ketones (excluding diaryl/α,β-unsaturated/α-hetero) is 1. The third-order valence-electron chi connectivity index (χ3n) is 14.4. The summed E-state index contributed by atoms with van der Waals surface area (Å²) >= 11 is 0. The maximum absolute atomic E-state index is 15.4. The molecule has 340 valence electrons. The molecule has 5 heterocycles. The number of fused-ring (bicyclic) bond motifs is 3. The van der Waals surface area contributed by atoms with E-state index in [1.165, 1.54) is 12.7 Å². The van der Waals surface area contributed by atoms with Crippen LogP contribution in [0.1, 0.15) is 104 Å². The number of nitrogens with zero attached hydrogens (tertiary/aromatic N) is 3. The minimum absolute atomic E-state index is 0.0276. The average Bonchev–Trinajstić information content (AvgIpc) is 3.37. The Morgan fingerprint density at radius 1 is 1.00 bits per heavy atom. The molecule has 2 saturated heterocycles. The van der Waals surface area contributed by atoms with Crippen LogP contribution in [0.4, 0.5) is 0 Å². The van der Waals surface area contributed by atoms with E-state index in [-0.39, 0.29) is 52.4 Å². The van der Waals surface area contributed by atoms with E-state index in [0.717, 1.165) is 12.0 Å². The van der Waals surface area contributed by atoms with Gasteiger partial charge in [-0.15, -0.1) is 0 Å². The van der Waals surface area contributed by atoms with Crippen LogP contribution in [-0.2, 0) is 39.8 Å². The largest absolute Gasteiger partial charge is 0.482 e. The number of likely N-dealkylation sites (N-methyl/N-ethyl adjacent to an activating group) is 1. The number of hydrogen-bond acceptors (Lipinski definition) is 13. The monoisotopic (exact) mass is 876 g/mol. The summed E-state index contributed by atoms with van der Waals surface area (Å²) in [5, 5.41) is 20.0. The van der Waals surface area contributed by atoms with Gasteiger partial charge in [-0.2, -0.15) is 5.26 Å². The zero-order valence-corrected chi connectivity index (χ0v) is 38.7. The number of amides is 1. The van der Waals surface area contributed by atoms with E-state index in [2.05, 4.69) is 17.0 Å². The first-order valence-corrected chi connectivity index (χ1v) is 22.4. The number of esters is 2. The predicted octanol–water partition coefficient (Wildman–Crippen LogP) is 7.06. The highest BCUT2D eigenvalue weighted by Gasteiger charge is 2.84. The highest BCUT2D eigenvalue weighted by molar-refractivity contribution is 6.04. The Hall–Kier alpha value is -5.52. The van der Waals surface area contributed by atoms with E-state index in [4.69, 9.17) is 28.4 Å².